The molecule has 6 nitrogen and oxygen atoms in total. The van der Waals surface area contributed by atoms with Gasteiger partial charge in [-0.1, -0.05) is 154 Å². The lowest BCUT2D eigenvalue weighted by Crippen LogP contribution is -2.12. The average Bonchev–Trinajstić information content (AvgIpc) is 3.04. The number of aliphatic hydroxyl groups is 1. The monoisotopic (exact) mass is 660 g/mol. The van der Waals surface area contributed by atoms with Gasteiger partial charge in [-0.05, 0) is 64.2 Å². The lowest BCUT2D eigenvalue weighted by atomic mass is 10.1. The molecule has 0 spiro atoms. The van der Waals surface area contributed by atoms with Crippen molar-refractivity contribution in [3.63, 3.8) is 0 Å². The lowest BCUT2D eigenvalue weighted by Gasteiger charge is -2.06. The Morgan fingerprint density at radius 3 is 0.978 bits per heavy atom. The van der Waals surface area contributed by atoms with E-state index in [1.807, 2.05) is 0 Å². The molecule has 45 heavy (non-hydrogen) atoms. The van der Waals surface area contributed by atoms with Crippen molar-refractivity contribution in [3.8, 4) is 0 Å². The van der Waals surface area contributed by atoms with Crippen LogP contribution >= 0.6 is 0 Å². The van der Waals surface area contributed by atoms with Crippen molar-refractivity contribution >= 4 is 10.4 Å². The van der Waals surface area contributed by atoms with Crippen molar-refractivity contribution in [1.82, 2.24) is 0 Å². The first-order valence-corrected chi connectivity index (χ1v) is 20.5. The topological polar surface area (TPSA) is 98.9 Å². The number of hydrogen-bond donors (Lipinski definition) is 2. The molecule has 0 bridgehead atoms. The summed E-state index contributed by atoms with van der Waals surface area (Å²) in [5, 5.41) is 7.75. The number of unbranched alkanes of at least 4 members (excludes halogenated alkanes) is 24. The molecule has 0 aromatic heterocycles. The standard InChI is InChI=1S/C36H70O4S.C2H7NO/c1-3-5-7-9-11-13-15-17-19-21-23-25-27-29-31-33-35-39-41(37,38)40-36-34-32-30-28-26-24-22-20-18-16-14-12-10-8-6-4-2;3-1-2-4/h17-20H,3-16,21-36H2,1-2H3;4H,1-3H2/b19-17-,20-18-;. The van der Waals surface area contributed by atoms with Crippen LogP contribution in [0.3, 0.4) is 0 Å². The number of rotatable bonds is 35. The summed E-state index contributed by atoms with van der Waals surface area (Å²) in [5.74, 6) is 0. The van der Waals surface area contributed by atoms with E-state index in [9.17, 15) is 8.42 Å². The summed E-state index contributed by atoms with van der Waals surface area (Å²) in [4.78, 5) is 0. The Kier molecular flexibility index (Phi) is 42.6. The lowest BCUT2D eigenvalue weighted by molar-refractivity contribution is 0.208. The fraction of sp³-hybridized carbons (Fsp3) is 0.895. The molecular weight excluding hydrogens is 582 g/mol. The maximum Gasteiger partial charge on any atom is 0.399 e. The van der Waals surface area contributed by atoms with E-state index >= 15 is 0 Å². The zero-order chi connectivity index (χ0) is 33.4. The van der Waals surface area contributed by atoms with Gasteiger partial charge in [-0.15, -0.1) is 0 Å². The van der Waals surface area contributed by atoms with Crippen molar-refractivity contribution in [2.24, 2.45) is 5.73 Å². The molecule has 0 saturated carbocycles. The zero-order valence-electron chi connectivity index (χ0n) is 30.0. The molecular formula is C38H77NO5S. The van der Waals surface area contributed by atoms with Crippen LogP contribution in [-0.4, -0.2) is 39.9 Å². The van der Waals surface area contributed by atoms with Gasteiger partial charge in [0.05, 0.1) is 19.8 Å². The van der Waals surface area contributed by atoms with Gasteiger partial charge in [-0.25, -0.2) is 8.37 Å². The summed E-state index contributed by atoms with van der Waals surface area (Å²) in [5.41, 5.74) is 4.78. The highest BCUT2D eigenvalue weighted by Gasteiger charge is 2.11. The minimum Gasteiger partial charge on any atom is -0.395 e. The number of nitrogens with two attached hydrogens (primary N) is 1. The van der Waals surface area contributed by atoms with Crippen LogP contribution in [0.25, 0.3) is 0 Å². The highest BCUT2D eigenvalue weighted by Crippen LogP contribution is 2.12. The molecule has 0 aliphatic carbocycles. The van der Waals surface area contributed by atoms with Crippen molar-refractivity contribution in [3.05, 3.63) is 24.3 Å². The largest absolute Gasteiger partial charge is 0.399 e. The minimum atomic E-state index is -3.84. The van der Waals surface area contributed by atoms with Gasteiger partial charge < -0.3 is 10.8 Å². The molecule has 0 atom stereocenters. The molecule has 7 heteroatoms. The molecule has 0 aromatic carbocycles. The van der Waals surface area contributed by atoms with Crippen molar-refractivity contribution in [2.45, 2.75) is 194 Å². The van der Waals surface area contributed by atoms with Crippen LogP contribution in [-0.2, 0) is 18.8 Å². The molecule has 0 saturated heterocycles. The molecule has 0 aliphatic heterocycles. The Hall–Kier alpha value is -0.730. The Morgan fingerprint density at radius 1 is 0.467 bits per heavy atom. The molecule has 0 amide bonds. The van der Waals surface area contributed by atoms with Gasteiger partial charge in [0, 0.05) is 6.54 Å². The maximum absolute atomic E-state index is 11.9. The molecule has 0 heterocycles. The third-order valence-corrected chi connectivity index (χ3v) is 8.81. The van der Waals surface area contributed by atoms with Crippen LogP contribution in [0.4, 0.5) is 0 Å². The van der Waals surface area contributed by atoms with Gasteiger partial charge in [0.15, 0.2) is 0 Å². The summed E-state index contributed by atoms with van der Waals surface area (Å²) < 4.78 is 33.8. The molecule has 0 aromatic rings. The highest BCUT2D eigenvalue weighted by molar-refractivity contribution is 7.81. The minimum absolute atomic E-state index is 0.0972. The van der Waals surface area contributed by atoms with Gasteiger partial charge in [0.25, 0.3) is 0 Å². The molecule has 3 N–H and O–H groups in total. The summed E-state index contributed by atoms with van der Waals surface area (Å²) in [6.07, 6.45) is 43.9. The van der Waals surface area contributed by atoms with Crippen LogP contribution in [0, 0.1) is 0 Å². The molecule has 0 radical (unpaired) electrons. The third kappa shape index (κ3) is 45.4. The second kappa shape index (κ2) is 41.3. The average molecular weight is 660 g/mol. The smallest absolute Gasteiger partial charge is 0.395 e. The Labute approximate surface area is 281 Å². The van der Waals surface area contributed by atoms with E-state index in [1.165, 1.54) is 141 Å². The Bertz CT molecular complexity index is 644. The van der Waals surface area contributed by atoms with E-state index in [1.54, 1.807) is 0 Å². The van der Waals surface area contributed by atoms with Crippen LogP contribution < -0.4 is 5.73 Å². The zero-order valence-corrected chi connectivity index (χ0v) is 30.8. The van der Waals surface area contributed by atoms with Crippen LogP contribution in [0.1, 0.15) is 194 Å². The summed E-state index contributed by atoms with van der Waals surface area (Å²) in [6.45, 7) is 5.47. The van der Waals surface area contributed by atoms with E-state index in [0.717, 1.165) is 38.5 Å². The van der Waals surface area contributed by atoms with Gasteiger partial charge in [-0.3, -0.25) is 0 Å². The fourth-order valence-corrected chi connectivity index (χ4v) is 5.77. The number of aliphatic hydroxyl groups excluding tert-OH is 1. The second-order valence-electron chi connectivity index (χ2n) is 12.4. The van der Waals surface area contributed by atoms with E-state index in [2.05, 4.69) is 38.2 Å². The first kappa shape index (κ1) is 46.4. The number of allylic oxidation sites excluding steroid dienone is 4. The molecule has 0 unspecified atom stereocenters. The van der Waals surface area contributed by atoms with Gasteiger partial charge in [-0.2, -0.15) is 8.42 Å². The third-order valence-electron chi connectivity index (χ3n) is 7.90. The predicted molar refractivity (Wildman–Crippen MR) is 196 cm³/mol. The Morgan fingerprint density at radius 2 is 0.711 bits per heavy atom. The van der Waals surface area contributed by atoms with Crippen molar-refractivity contribution in [2.75, 3.05) is 26.4 Å². The second-order valence-corrected chi connectivity index (χ2v) is 13.7. The molecule has 270 valence electrons. The molecule has 0 aliphatic rings. The summed E-state index contributed by atoms with van der Waals surface area (Å²) in [7, 11) is -3.84. The fourth-order valence-electron chi connectivity index (χ4n) is 5.06. The normalized spacial score (nSPS) is 11.9. The Balaban J connectivity index is 0. The van der Waals surface area contributed by atoms with E-state index in [4.69, 9.17) is 19.2 Å². The van der Waals surface area contributed by atoms with Gasteiger partial charge in [0.2, 0.25) is 0 Å². The first-order valence-electron chi connectivity index (χ1n) is 19.2. The molecule has 0 rings (SSSR count). The van der Waals surface area contributed by atoms with Gasteiger partial charge >= 0.3 is 10.4 Å². The van der Waals surface area contributed by atoms with Crippen molar-refractivity contribution in [1.29, 1.82) is 0 Å². The van der Waals surface area contributed by atoms with E-state index in [0.29, 0.717) is 6.54 Å². The first-order chi connectivity index (χ1) is 22.0. The SMILES string of the molecule is CCCCCCCC/C=C\CCCCCCCCOS(=O)(=O)OCCCCCCCC/C=C\CCCCCCCC.NCCO. The van der Waals surface area contributed by atoms with Crippen LogP contribution in [0.2, 0.25) is 0 Å². The predicted octanol–water partition coefficient (Wildman–Crippen LogP) is 11.3. The quantitative estimate of drug-likeness (QED) is 0.0519. The highest BCUT2D eigenvalue weighted by atomic mass is 32.3. The summed E-state index contributed by atoms with van der Waals surface area (Å²) >= 11 is 0. The molecule has 0 fully saturated rings. The van der Waals surface area contributed by atoms with Crippen LogP contribution in [0.5, 0.6) is 0 Å². The van der Waals surface area contributed by atoms with Gasteiger partial charge in [0.1, 0.15) is 0 Å². The van der Waals surface area contributed by atoms with E-state index in [-0.39, 0.29) is 19.8 Å². The number of hydrogen-bond acceptors (Lipinski definition) is 6. The maximum atomic E-state index is 11.9. The van der Waals surface area contributed by atoms with E-state index < -0.39 is 10.4 Å². The summed E-state index contributed by atoms with van der Waals surface area (Å²) in [6, 6.07) is 0. The van der Waals surface area contributed by atoms with Crippen molar-refractivity contribution < 1.29 is 21.9 Å². The van der Waals surface area contributed by atoms with Crippen LogP contribution in [0.15, 0.2) is 24.3 Å².